The Labute approximate surface area is 119 Å². The Hall–Kier alpha value is -2.42. The molecule has 9 heteroatoms. The van der Waals surface area contributed by atoms with E-state index in [1.165, 1.54) is 19.1 Å². The summed E-state index contributed by atoms with van der Waals surface area (Å²) in [5, 5.41) is 20.7. The molecule has 1 aromatic carbocycles. The lowest BCUT2D eigenvalue weighted by atomic mass is 10.2. The number of rotatable bonds is 2. The summed E-state index contributed by atoms with van der Waals surface area (Å²) in [7, 11) is 0. The molecule has 0 unspecified atom stereocenters. The SMILES string of the molecule is Cc1c(O)n(-c2cc([N+](=O)[O-])ccc2Br)c(=O)[nH]c1=O. The van der Waals surface area contributed by atoms with Gasteiger partial charge in [0.25, 0.3) is 11.2 Å². The fourth-order valence-electron chi connectivity index (χ4n) is 1.62. The minimum absolute atomic E-state index is 0.0565. The van der Waals surface area contributed by atoms with E-state index in [2.05, 4.69) is 15.9 Å². The summed E-state index contributed by atoms with van der Waals surface area (Å²) in [5.41, 5.74) is -1.87. The topological polar surface area (TPSA) is 118 Å². The average Bonchev–Trinajstić information content (AvgIpc) is 2.38. The average molecular weight is 342 g/mol. The number of hydrogen-bond donors (Lipinski definition) is 2. The maximum absolute atomic E-state index is 11.8. The van der Waals surface area contributed by atoms with Gasteiger partial charge in [-0.3, -0.25) is 19.9 Å². The largest absolute Gasteiger partial charge is 0.494 e. The second-order valence-corrected chi connectivity index (χ2v) is 4.79. The van der Waals surface area contributed by atoms with Gasteiger partial charge in [0.1, 0.15) is 0 Å². The highest BCUT2D eigenvalue weighted by atomic mass is 79.9. The molecule has 2 rings (SSSR count). The van der Waals surface area contributed by atoms with Gasteiger partial charge in [-0.25, -0.2) is 9.36 Å². The lowest BCUT2D eigenvalue weighted by Crippen LogP contribution is -2.30. The zero-order valence-electron chi connectivity index (χ0n) is 10.1. The molecule has 0 fully saturated rings. The molecule has 0 aliphatic heterocycles. The zero-order valence-corrected chi connectivity index (χ0v) is 11.7. The lowest BCUT2D eigenvalue weighted by Gasteiger charge is -2.10. The Morgan fingerprint density at radius 2 is 2.05 bits per heavy atom. The van der Waals surface area contributed by atoms with Crippen LogP contribution in [0, 0.1) is 17.0 Å². The number of benzene rings is 1. The third kappa shape index (κ3) is 2.23. The summed E-state index contributed by atoms with van der Waals surface area (Å²) in [6.07, 6.45) is 0. The molecule has 0 aliphatic carbocycles. The number of H-pyrrole nitrogens is 1. The first-order chi connectivity index (χ1) is 9.32. The molecule has 1 aromatic heterocycles. The minimum Gasteiger partial charge on any atom is -0.494 e. The zero-order chi connectivity index (χ0) is 15.0. The highest BCUT2D eigenvalue weighted by molar-refractivity contribution is 9.10. The van der Waals surface area contributed by atoms with E-state index in [4.69, 9.17) is 0 Å². The van der Waals surface area contributed by atoms with Crippen molar-refractivity contribution in [1.82, 2.24) is 9.55 Å². The van der Waals surface area contributed by atoms with Crippen molar-refractivity contribution >= 4 is 21.6 Å². The monoisotopic (exact) mass is 341 g/mol. The Morgan fingerprint density at radius 1 is 1.40 bits per heavy atom. The third-order valence-corrected chi connectivity index (χ3v) is 3.36. The van der Waals surface area contributed by atoms with Crippen molar-refractivity contribution in [3.63, 3.8) is 0 Å². The molecular weight excluding hydrogens is 334 g/mol. The summed E-state index contributed by atoms with van der Waals surface area (Å²) >= 11 is 3.14. The van der Waals surface area contributed by atoms with Gasteiger partial charge < -0.3 is 5.11 Å². The molecule has 0 saturated carbocycles. The molecule has 104 valence electrons. The molecule has 0 amide bonds. The summed E-state index contributed by atoms with van der Waals surface area (Å²) in [6, 6.07) is 3.73. The van der Waals surface area contributed by atoms with Crippen molar-refractivity contribution in [2.45, 2.75) is 6.92 Å². The van der Waals surface area contributed by atoms with Crippen LogP contribution in [0.5, 0.6) is 5.88 Å². The molecule has 0 radical (unpaired) electrons. The van der Waals surface area contributed by atoms with E-state index in [9.17, 15) is 24.8 Å². The molecule has 0 saturated heterocycles. The molecule has 0 atom stereocenters. The van der Waals surface area contributed by atoms with Crippen LogP contribution in [0.25, 0.3) is 5.69 Å². The number of non-ortho nitro benzene ring substituents is 1. The highest BCUT2D eigenvalue weighted by Crippen LogP contribution is 2.27. The molecule has 8 nitrogen and oxygen atoms in total. The second-order valence-electron chi connectivity index (χ2n) is 3.94. The quantitative estimate of drug-likeness (QED) is 0.628. The van der Waals surface area contributed by atoms with Gasteiger partial charge in [-0.05, 0) is 28.9 Å². The van der Waals surface area contributed by atoms with Crippen molar-refractivity contribution in [3.05, 3.63) is 59.2 Å². The first-order valence-electron chi connectivity index (χ1n) is 5.32. The van der Waals surface area contributed by atoms with Crippen molar-refractivity contribution in [3.8, 4) is 11.6 Å². The number of nitrogens with zero attached hydrogens (tertiary/aromatic N) is 2. The molecule has 0 spiro atoms. The molecule has 0 aliphatic rings. The van der Waals surface area contributed by atoms with E-state index >= 15 is 0 Å². The maximum atomic E-state index is 11.8. The number of aromatic amines is 1. The third-order valence-electron chi connectivity index (χ3n) is 2.69. The van der Waals surface area contributed by atoms with Crippen molar-refractivity contribution in [2.75, 3.05) is 0 Å². The first-order valence-corrected chi connectivity index (χ1v) is 6.11. The van der Waals surface area contributed by atoms with Crippen molar-refractivity contribution in [2.24, 2.45) is 0 Å². The van der Waals surface area contributed by atoms with Gasteiger partial charge in [-0.15, -0.1) is 0 Å². The van der Waals surface area contributed by atoms with Gasteiger partial charge in [0.05, 0.1) is 16.2 Å². The molecule has 1 heterocycles. The fraction of sp³-hybridized carbons (Fsp3) is 0.0909. The highest BCUT2D eigenvalue weighted by Gasteiger charge is 2.17. The van der Waals surface area contributed by atoms with E-state index in [1.54, 1.807) is 0 Å². The predicted octanol–water partition coefficient (Wildman–Crippen LogP) is 1.21. The number of nitro benzene ring substituents is 1. The molecule has 20 heavy (non-hydrogen) atoms. The van der Waals surface area contributed by atoms with Crippen molar-refractivity contribution < 1.29 is 10.0 Å². The number of hydrogen-bond acceptors (Lipinski definition) is 5. The lowest BCUT2D eigenvalue weighted by molar-refractivity contribution is -0.384. The van der Waals surface area contributed by atoms with Crippen LogP contribution >= 0.6 is 15.9 Å². The van der Waals surface area contributed by atoms with Crippen LogP contribution < -0.4 is 11.2 Å². The van der Waals surface area contributed by atoms with Crippen LogP contribution in [0.3, 0.4) is 0 Å². The number of aromatic nitrogens is 2. The minimum atomic E-state index is -0.890. The van der Waals surface area contributed by atoms with E-state index in [0.29, 0.717) is 4.47 Å². The summed E-state index contributed by atoms with van der Waals surface area (Å²) in [5.74, 6) is -0.569. The maximum Gasteiger partial charge on any atom is 0.335 e. The van der Waals surface area contributed by atoms with Gasteiger partial charge in [0.2, 0.25) is 5.88 Å². The molecule has 0 bridgehead atoms. The number of aromatic hydroxyl groups is 1. The van der Waals surface area contributed by atoms with E-state index in [1.807, 2.05) is 4.98 Å². The smallest absolute Gasteiger partial charge is 0.335 e. The van der Waals surface area contributed by atoms with Crippen LogP contribution in [0.1, 0.15) is 5.56 Å². The Morgan fingerprint density at radius 3 is 2.65 bits per heavy atom. The van der Waals surface area contributed by atoms with Crippen LogP contribution in [-0.4, -0.2) is 19.6 Å². The number of halogens is 1. The molecule has 2 aromatic rings. The van der Waals surface area contributed by atoms with Crippen LogP contribution in [0.2, 0.25) is 0 Å². The number of nitro groups is 1. The summed E-state index contributed by atoms with van der Waals surface area (Å²) in [4.78, 5) is 35.3. The Kier molecular flexibility index (Phi) is 3.45. The summed E-state index contributed by atoms with van der Waals surface area (Å²) in [6.45, 7) is 1.33. The van der Waals surface area contributed by atoms with E-state index < -0.39 is 22.1 Å². The van der Waals surface area contributed by atoms with Gasteiger partial charge in [0, 0.05) is 16.6 Å². The second kappa shape index (κ2) is 4.93. The first kappa shape index (κ1) is 14.0. The van der Waals surface area contributed by atoms with Crippen LogP contribution in [-0.2, 0) is 0 Å². The Bertz CT molecular complexity index is 824. The van der Waals surface area contributed by atoms with Gasteiger partial charge >= 0.3 is 5.69 Å². The Balaban J connectivity index is 2.85. The fourth-order valence-corrected chi connectivity index (χ4v) is 2.05. The van der Waals surface area contributed by atoms with Crippen molar-refractivity contribution in [1.29, 1.82) is 0 Å². The number of nitrogens with one attached hydrogen (secondary N) is 1. The van der Waals surface area contributed by atoms with Crippen LogP contribution in [0.4, 0.5) is 5.69 Å². The molecular formula is C11H8BrN3O5. The van der Waals surface area contributed by atoms with E-state index in [0.717, 1.165) is 10.6 Å². The van der Waals surface area contributed by atoms with Gasteiger partial charge in [0.15, 0.2) is 0 Å². The van der Waals surface area contributed by atoms with Gasteiger partial charge in [-0.1, -0.05) is 0 Å². The van der Waals surface area contributed by atoms with Gasteiger partial charge in [-0.2, -0.15) is 0 Å². The standard InChI is InChI=1S/C11H8BrN3O5/c1-5-9(16)13-11(18)14(10(5)17)8-4-6(15(19)20)2-3-7(8)12/h2-4,17H,1H3,(H,13,16,18). The van der Waals surface area contributed by atoms with Crippen LogP contribution in [0.15, 0.2) is 32.3 Å². The van der Waals surface area contributed by atoms with E-state index in [-0.39, 0.29) is 16.9 Å². The predicted molar refractivity (Wildman–Crippen MR) is 73.4 cm³/mol. The molecule has 2 N–H and O–H groups in total. The normalized spacial score (nSPS) is 10.5. The summed E-state index contributed by atoms with van der Waals surface area (Å²) < 4.78 is 1.14.